The van der Waals surface area contributed by atoms with E-state index >= 15 is 0 Å². The van der Waals surface area contributed by atoms with Crippen molar-refractivity contribution in [2.24, 2.45) is 0 Å². The lowest BCUT2D eigenvalue weighted by Crippen LogP contribution is -2.33. The molecule has 0 unspecified atom stereocenters. The van der Waals surface area contributed by atoms with Crippen LogP contribution in [0, 0.1) is 0 Å². The van der Waals surface area contributed by atoms with Crippen LogP contribution in [0.3, 0.4) is 0 Å². The molecule has 1 aromatic rings. The van der Waals surface area contributed by atoms with Crippen LogP contribution in [0.15, 0.2) is 12.1 Å². The van der Waals surface area contributed by atoms with Gasteiger partial charge in [0.05, 0.1) is 21.3 Å². The molecule has 1 aromatic carbocycles. The molecule has 0 bridgehead atoms. The molecule has 4 N–H and O–H groups in total. The Labute approximate surface area is 111 Å². The Balaban J connectivity index is 2.08. The summed E-state index contributed by atoms with van der Waals surface area (Å²) in [6.45, 7) is 0.469. The van der Waals surface area contributed by atoms with Crippen LogP contribution in [-0.2, 0) is 0 Å². The Bertz CT molecular complexity index is 394. The van der Waals surface area contributed by atoms with Crippen molar-refractivity contribution in [2.45, 2.75) is 31.3 Å². The van der Waals surface area contributed by atoms with Crippen molar-refractivity contribution >= 4 is 34.6 Å². The lowest BCUT2D eigenvalue weighted by atomic mass is 10.0. The Morgan fingerprint density at radius 2 is 1.76 bits per heavy atom. The zero-order valence-electron chi connectivity index (χ0n) is 9.47. The zero-order chi connectivity index (χ0) is 12.5. The maximum absolute atomic E-state index is 10.2. The molecule has 0 amide bonds. The summed E-state index contributed by atoms with van der Waals surface area (Å²) in [4.78, 5) is 0. The standard InChI is InChI=1S/C12H16Cl2N2O/c13-9-5-8(15)6-10(14)11(9)16-7-12(17)3-1-2-4-12/h5-6,16-17H,1-4,7,15H2. The van der Waals surface area contributed by atoms with Gasteiger partial charge in [-0.15, -0.1) is 0 Å². The van der Waals surface area contributed by atoms with Crippen molar-refractivity contribution < 1.29 is 5.11 Å². The van der Waals surface area contributed by atoms with Crippen molar-refractivity contribution in [3.63, 3.8) is 0 Å². The first-order valence-electron chi connectivity index (χ1n) is 5.71. The van der Waals surface area contributed by atoms with Gasteiger partial charge in [-0.1, -0.05) is 36.0 Å². The van der Waals surface area contributed by atoms with E-state index in [1.165, 1.54) is 0 Å². The summed E-state index contributed by atoms with van der Waals surface area (Å²) in [5.41, 5.74) is 6.17. The van der Waals surface area contributed by atoms with Gasteiger partial charge in [0.2, 0.25) is 0 Å². The van der Waals surface area contributed by atoms with Crippen molar-refractivity contribution in [3.05, 3.63) is 22.2 Å². The van der Waals surface area contributed by atoms with E-state index in [9.17, 15) is 5.11 Å². The zero-order valence-corrected chi connectivity index (χ0v) is 11.0. The third-order valence-corrected chi connectivity index (χ3v) is 3.79. The largest absolute Gasteiger partial charge is 0.399 e. The number of nitrogens with one attached hydrogen (secondary N) is 1. The van der Waals surface area contributed by atoms with E-state index in [0.717, 1.165) is 25.7 Å². The van der Waals surface area contributed by atoms with Gasteiger partial charge in [-0.3, -0.25) is 0 Å². The fourth-order valence-corrected chi connectivity index (χ4v) is 2.86. The summed E-state index contributed by atoms with van der Waals surface area (Å²) in [7, 11) is 0. The van der Waals surface area contributed by atoms with Gasteiger partial charge in [0.15, 0.2) is 0 Å². The summed E-state index contributed by atoms with van der Waals surface area (Å²) >= 11 is 12.1. The Kier molecular flexibility index (Phi) is 3.71. The highest BCUT2D eigenvalue weighted by atomic mass is 35.5. The monoisotopic (exact) mass is 274 g/mol. The van der Waals surface area contributed by atoms with Crippen LogP contribution in [0.5, 0.6) is 0 Å². The highest BCUT2D eigenvalue weighted by molar-refractivity contribution is 6.39. The maximum atomic E-state index is 10.2. The summed E-state index contributed by atoms with van der Waals surface area (Å²) in [6.07, 6.45) is 3.79. The molecule has 0 saturated heterocycles. The third kappa shape index (κ3) is 2.97. The number of anilines is 2. The fourth-order valence-electron chi connectivity index (χ4n) is 2.22. The van der Waals surface area contributed by atoms with Crippen molar-refractivity contribution in [3.8, 4) is 0 Å². The van der Waals surface area contributed by atoms with Crippen molar-refractivity contribution in [1.29, 1.82) is 0 Å². The van der Waals surface area contributed by atoms with Crippen LogP contribution >= 0.6 is 23.2 Å². The predicted octanol–water partition coefficient (Wildman–Crippen LogP) is 3.29. The quantitative estimate of drug-likeness (QED) is 0.742. The summed E-state index contributed by atoms with van der Waals surface area (Å²) in [5, 5.41) is 14.3. The number of hydrogen-bond donors (Lipinski definition) is 3. The van der Waals surface area contributed by atoms with E-state index in [1.807, 2.05) is 0 Å². The molecule has 2 rings (SSSR count). The molecule has 0 atom stereocenters. The van der Waals surface area contributed by atoms with Crippen LogP contribution in [0.25, 0.3) is 0 Å². The van der Waals surface area contributed by atoms with Gasteiger partial charge in [0.25, 0.3) is 0 Å². The van der Waals surface area contributed by atoms with E-state index in [4.69, 9.17) is 28.9 Å². The maximum Gasteiger partial charge on any atom is 0.0819 e. The van der Waals surface area contributed by atoms with Gasteiger partial charge in [0, 0.05) is 12.2 Å². The molecular weight excluding hydrogens is 259 g/mol. The average molecular weight is 275 g/mol. The van der Waals surface area contributed by atoms with E-state index < -0.39 is 5.60 Å². The molecule has 0 aliphatic heterocycles. The fraction of sp³-hybridized carbons (Fsp3) is 0.500. The Hall–Kier alpha value is -0.640. The van der Waals surface area contributed by atoms with Crippen LogP contribution in [-0.4, -0.2) is 17.3 Å². The molecule has 1 fully saturated rings. The van der Waals surface area contributed by atoms with Gasteiger partial charge < -0.3 is 16.2 Å². The first-order chi connectivity index (χ1) is 8.00. The number of rotatable bonds is 3. The van der Waals surface area contributed by atoms with E-state index in [1.54, 1.807) is 12.1 Å². The lowest BCUT2D eigenvalue weighted by Gasteiger charge is -2.23. The smallest absolute Gasteiger partial charge is 0.0819 e. The van der Waals surface area contributed by atoms with Crippen LogP contribution in [0.4, 0.5) is 11.4 Å². The molecule has 1 aliphatic carbocycles. The number of halogens is 2. The second kappa shape index (κ2) is 4.92. The lowest BCUT2D eigenvalue weighted by molar-refractivity contribution is 0.0615. The van der Waals surface area contributed by atoms with Gasteiger partial charge >= 0.3 is 0 Å². The van der Waals surface area contributed by atoms with Crippen LogP contribution in [0.1, 0.15) is 25.7 Å². The minimum absolute atomic E-state index is 0.469. The van der Waals surface area contributed by atoms with Crippen LogP contribution in [0.2, 0.25) is 10.0 Å². The van der Waals surface area contributed by atoms with Gasteiger partial charge in [-0.2, -0.15) is 0 Å². The Morgan fingerprint density at radius 1 is 1.24 bits per heavy atom. The SMILES string of the molecule is Nc1cc(Cl)c(NCC2(O)CCCC2)c(Cl)c1. The minimum atomic E-state index is -0.631. The topological polar surface area (TPSA) is 58.3 Å². The highest BCUT2D eigenvalue weighted by Gasteiger charge is 2.31. The van der Waals surface area contributed by atoms with Crippen LogP contribution < -0.4 is 11.1 Å². The third-order valence-electron chi connectivity index (χ3n) is 3.19. The van der Waals surface area contributed by atoms with Crippen molar-refractivity contribution in [2.75, 3.05) is 17.6 Å². The first-order valence-corrected chi connectivity index (χ1v) is 6.47. The van der Waals surface area contributed by atoms with Crippen molar-refractivity contribution in [1.82, 2.24) is 0 Å². The minimum Gasteiger partial charge on any atom is -0.399 e. The number of nitrogens with two attached hydrogens (primary N) is 1. The molecule has 0 radical (unpaired) electrons. The molecule has 94 valence electrons. The summed E-state index contributed by atoms with van der Waals surface area (Å²) in [6, 6.07) is 3.29. The number of hydrogen-bond acceptors (Lipinski definition) is 3. The molecule has 5 heteroatoms. The van der Waals surface area contributed by atoms with E-state index in [2.05, 4.69) is 5.32 Å². The second-order valence-corrected chi connectivity index (χ2v) is 5.46. The van der Waals surface area contributed by atoms with Gasteiger partial charge in [-0.05, 0) is 25.0 Å². The van der Waals surface area contributed by atoms with Gasteiger partial charge in [0.1, 0.15) is 0 Å². The summed E-state index contributed by atoms with van der Waals surface area (Å²) < 4.78 is 0. The average Bonchev–Trinajstić information content (AvgIpc) is 2.64. The molecular formula is C12H16Cl2N2O. The highest BCUT2D eigenvalue weighted by Crippen LogP contribution is 2.35. The Morgan fingerprint density at radius 3 is 2.29 bits per heavy atom. The number of aliphatic hydroxyl groups is 1. The molecule has 17 heavy (non-hydrogen) atoms. The van der Waals surface area contributed by atoms with E-state index in [0.29, 0.717) is 28.0 Å². The predicted molar refractivity (Wildman–Crippen MR) is 72.8 cm³/mol. The number of benzene rings is 1. The molecule has 3 nitrogen and oxygen atoms in total. The molecule has 1 aliphatic rings. The first kappa shape index (κ1) is 12.8. The normalized spacial score (nSPS) is 18.3. The summed E-state index contributed by atoms with van der Waals surface area (Å²) in [5.74, 6) is 0. The molecule has 0 spiro atoms. The van der Waals surface area contributed by atoms with E-state index in [-0.39, 0.29) is 0 Å². The molecule has 0 aromatic heterocycles. The molecule has 1 saturated carbocycles. The van der Waals surface area contributed by atoms with Gasteiger partial charge in [-0.25, -0.2) is 0 Å². The number of nitrogen functional groups attached to an aromatic ring is 1. The second-order valence-electron chi connectivity index (χ2n) is 4.64. The molecule has 0 heterocycles.